The van der Waals surface area contributed by atoms with Gasteiger partial charge in [0, 0.05) is 32.2 Å². The first-order valence-electron chi connectivity index (χ1n) is 7.08. The Labute approximate surface area is 103 Å². The Hall–Kier alpha value is -0.610. The molecule has 3 aliphatic rings. The molecule has 0 aromatic heterocycles. The number of carbonyl (C=O) groups excluding carboxylic acids is 1. The maximum atomic E-state index is 12.7. The van der Waals surface area contributed by atoms with Crippen LogP contribution in [0.25, 0.3) is 0 Å². The second-order valence-electron chi connectivity index (χ2n) is 5.75. The lowest BCUT2D eigenvalue weighted by atomic mass is 9.94. The molecule has 2 saturated carbocycles. The summed E-state index contributed by atoms with van der Waals surface area (Å²) in [6, 6.07) is 0.625. The van der Waals surface area contributed by atoms with Crippen LogP contribution in [0.4, 0.5) is 0 Å². The van der Waals surface area contributed by atoms with Gasteiger partial charge in [-0.05, 0) is 25.7 Å². The van der Waals surface area contributed by atoms with Crippen LogP contribution in [-0.4, -0.2) is 48.6 Å². The standard InChI is InChI=1S/C13H23N3O/c17-12(16-9-7-14-8-10-16)13(5-1-2-6-13)15-11-3-4-11/h11,14-15H,1-10H2. The van der Waals surface area contributed by atoms with Crippen molar-refractivity contribution in [2.45, 2.75) is 50.1 Å². The molecule has 3 rings (SSSR count). The second kappa shape index (κ2) is 4.58. The Morgan fingerprint density at radius 3 is 2.41 bits per heavy atom. The monoisotopic (exact) mass is 237 g/mol. The van der Waals surface area contributed by atoms with E-state index >= 15 is 0 Å². The van der Waals surface area contributed by atoms with Gasteiger partial charge in [0.2, 0.25) is 5.91 Å². The van der Waals surface area contributed by atoms with Gasteiger partial charge in [-0.3, -0.25) is 4.79 Å². The molecule has 4 nitrogen and oxygen atoms in total. The third-order valence-corrected chi connectivity index (χ3v) is 4.33. The fraction of sp³-hybridized carbons (Fsp3) is 0.923. The van der Waals surface area contributed by atoms with Gasteiger partial charge in [0.1, 0.15) is 0 Å². The molecule has 1 amide bonds. The Balaban J connectivity index is 1.70. The molecule has 2 aliphatic carbocycles. The molecule has 2 N–H and O–H groups in total. The summed E-state index contributed by atoms with van der Waals surface area (Å²) in [6.07, 6.45) is 7.03. The van der Waals surface area contributed by atoms with E-state index in [1.807, 2.05) is 0 Å². The zero-order valence-corrected chi connectivity index (χ0v) is 10.5. The van der Waals surface area contributed by atoms with Crippen LogP contribution in [0.15, 0.2) is 0 Å². The maximum absolute atomic E-state index is 12.7. The van der Waals surface area contributed by atoms with E-state index in [0.29, 0.717) is 11.9 Å². The van der Waals surface area contributed by atoms with Crippen molar-refractivity contribution >= 4 is 5.91 Å². The zero-order valence-electron chi connectivity index (χ0n) is 10.5. The van der Waals surface area contributed by atoms with E-state index in [0.717, 1.165) is 39.0 Å². The molecule has 3 fully saturated rings. The van der Waals surface area contributed by atoms with Gasteiger partial charge in [-0.15, -0.1) is 0 Å². The van der Waals surface area contributed by atoms with Gasteiger partial charge in [0.25, 0.3) is 0 Å². The van der Waals surface area contributed by atoms with Gasteiger partial charge in [0.15, 0.2) is 0 Å². The summed E-state index contributed by atoms with van der Waals surface area (Å²) >= 11 is 0. The van der Waals surface area contributed by atoms with Crippen LogP contribution in [0.3, 0.4) is 0 Å². The number of nitrogens with zero attached hydrogens (tertiary/aromatic N) is 1. The van der Waals surface area contributed by atoms with Crippen LogP contribution in [0.2, 0.25) is 0 Å². The molecule has 0 bridgehead atoms. The second-order valence-corrected chi connectivity index (χ2v) is 5.75. The SMILES string of the molecule is O=C(N1CCNCC1)C1(NC2CC2)CCCC1. The van der Waals surface area contributed by atoms with Crippen LogP contribution in [0.1, 0.15) is 38.5 Å². The van der Waals surface area contributed by atoms with Gasteiger partial charge in [-0.25, -0.2) is 0 Å². The fourth-order valence-corrected chi connectivity index (χ4v) is 3.19. The minimum atomic E-state index is -0.196. The lowest BCUT2D eigenvalue weighted by molar-refractivity contribution is -0.139. The lowest BCUT2D eigenvalue weighted by Crippen LogP contribution is -2.60. The van der Waals surface area contributed by atoms with E-state index in [1.165, 1.54) is 25.7 Å². The van der Waals surface area contributed by atoms with E-state index in [4.69, 9.17) is 0 Å². The van der Waals surface area contributed by atoms with E-state index < -0.39 is 0 Å². The number of carbonyl (C=O) groups is 1. The third-order valence-electron chi connectivity index (χ3n) is 4.33. The van der Waals surface area contributed by atoms with Crippen molar-refractivity contribution in [3.05, 3.63) is 0 Å². The Kier molecular flexibility index (Phi) is 3.09. The molecule has 0 atom stereocenters. The number of amides is 1. The van der Waals surface area contributed by atoms with Gasteiger partial charge >= 0.3 is 0 Å². The first kappa shape index (κ1) is 11.5. The highest BCUT2D eigenvalue weighted by atomic mass is 16.2. The number of rotatable bonds is 3. The largest absolute Gasteiger partial charge is 0.339 e. The van der Waals surface area contributed by atoms with Crippen molar-refractivity contribution in [2.75, 3.05) is 26.2 Å². The van der Waals surface area contributed by atoms with Gasteiger partial charge < -0.3 is 15.5 Å². The van der Waals surface area contributed by atoms with Crippen molar-refractivity contribution in [3.63, 3.8) is 0 Å². The summed E-state index contributed by atoms with van der Waals surface area (Å²) in [5, 5.41) is 6.96. The summed E-state index contributed by atoms with van der Waals surface area (Å²) in [4.78, 5) is 14.8. The smallest absolute Gasteiger partial charge is 0.242 e. The van der Waals surface area contributed by atoms with Gasteiger partial charge in [-0.1, -0.05) is 12.8 Å². The summed E-state index contributed by atoms with van der Waals surface area (Å²) in [6.45, 7) is 3.66. The van der Waals surface area contributed by atoms with Crippen molar-refractivity contribution in [1.82, 2.24) is 15.5 Å². The van der Waals surface area contributed by atoms with E-state index in [1.54, 1.807) is 0 Å². The topological polar surface area (TPSA) is 44.4 Å². The number of hydrogen-bond acceptors (Lipinski definition) is 3. The highest BCUT2D eigenvalue weighted by Gasteiger charge is 2.46. The number of nitrogens with one attached hydrogen (secondary N) is 2. The number of hydrogen-bond donors (Lipinski definition) is 2. The summed E-state index contributed by atoms with van der Waals surface area (Å²) in [5.74, 6) is 0.378. The highest BCUT2D eigenvalue weighted by molar-refractivity contribution is 5.87. The molecule has 96 valence electrons. The van der Waals surface area contributed by atoms with Crippen molar-refractivity contribution in [3.8, 4) is 0 Å². The highest BCUT2D eigenvalue weighted by Crippen LogP contribution is 2.35. The predicted octanol–water partition coefficient (Wildman–Crippen LogP) is 0.483. The molecule has 0 spiro atoms. The molecule has 0 radical (unpaired) electrons. The van der Waals surface area contributed by atoms with E-state index in [-0.39, 0.29) is 5.54 Å². The summed E-state index contributed by atoms with van der Waals surface area (Å²) in [5.41, 5.74) is -0.196. The van der Waals surface area contributed by atoms with Crippen molar-refractivity contribution in [2.24, 2.45) is 0 Å². The van der Waals surface area contributed by atoms with Crippen molar-refractivity contribution < 1.29 is 4.79 Å². The van der Waals surface area contributed by atoms with Gasteiger partial charge in [0.05, 0.1) is 5.54 Å². The average molecular weight is 237 g/mol. The van der Waals surface area contributed by atoms with Crippen molar-refractivity contribution in [1.29, 1.82) is 0 Å². The molecule has 1 saturated heterocycles. The molecule has 0 unspecified atom stereocenters. The molecule has 0 aromatic rings. The fourth-order valence-electron chi connectivity index (χ4n) is 3.19. The minimum absolute atomic E-state index is 0.196. The molecule has 0 aromatic carbocycles. The molecule has 1 aliphatic heterocycles. The Morgan fingerprint density at radius 2 is 1.82 bits per heavy atom. The molecular weight excluding hydrogens is 214 g/mol. The first-order chi connectivity index (χ1) is 8.30. The van der Waals surface area contributed by atoms with E-state index in [9.17, 15) is 4.79 Å². The number of piperazine rings is 1. The van der Waals surface area contributed by atoms with Crippen LogP contribution in [-0.2, 0) is 4.79 Å². The van der Waals surface area contributed by atoms with Gasteiger partial charge in [-0.2, -0.15) is 0 Å². The Bertz CT molecular complexity index is 289. The third kappa shape index (κ3) is 2.33. The zero-order chi connectivity index (χ0) is 11.7. The first-order valence-corrected chi connectivity index (χ1v) is 7.08. The lowest BCUT2D eigenvalue weighted by Gasteiger charge is -2.37. The molecule has 1 heterocycles. The predicted molar refractivity (Wildman–Crippen MR) is 66.8 cm³/mol. The average Bonchev–Trinajstić information content (AvgIpc) is 3.05. The quantitative estimate of drug-likeness (QED) is 0.750. The van der Waals surface area contributed by atoms with Crippen LogP contribution in [0.5, 0.6) is 0 Å². The normalized spacial score (nSPS) is 28.4. The van der Waals surface area contributed by atoms with Crippen LogP contribution >= 0.6 is 0 Å². The van der Waals surface area contributed by atoms with Crippen LogP contribution < -0.4 is 10.6 Å². The molecule has 17 heavy (non-hydrogen) atoms. The summed E-state index contributed by atoms with van der Waals surface area (Å²) < 4.78 is 0. The maximum Gasteiger partial charge on any atom is 0.242 e. The minimum Gasteiger partial charge on any atom is -0.339 e. The Morgan fingerprint density at radius 1 is 1.18 bits per heavy atom. The molecular formula is C13H23N3O. The molecule has 4 heteroatoms. The van der Waals surface area contributed by atoms with E-state index in [2.05, 4.69) is 15.5 Å². The van der Waals surface area contributed by atoms with Crippen LogP contribution in [0, 0.1) is 0 Å². The summed E-state index contributed by atoms with van der Waals surface area (Å²) in [7, 11) is 0.